The number of imide groups is 1. The van der Waals surface area contributed by atoms with Crippen molar-refractivity contribution in [3.63, 3.8) is 0 Å². The van der Waals surface area contributed by atoms with Gasteiger partial charge in [-0.05, 0) is 42.8 Å². The van der Waals surface area contributed by atoms with Gasteiger partial charge in [-0.15, -0.1) is 0 Å². The number of carboxylic acids is 1. The first kappa shape index (κ1) is 20.6. The van der Waals surface area contributed by atoms with Gasteiger partial charge in [-0.3, -0.25) is 14.5 Å². The van der Waals surface area contributed by atoms with E-state index in [9.17, 15) is 24.8 Å². The van der Waals surface area contributed by atoms with Gasteiger partial charge in [-0.25, -0.2) is 4.79 Å². The largest absolute Gasteiger partial charge is 0.507 e. The van der Waals surface area contributed by atoms with E-state index in [-0.39, 0.29) is 34.6 Å². The van der Waals surface area contributed by atoms with E-state index in [2.05, 4.69) is 0 Å². The van der Waals surface area contributed by atoms with Gasteiger partial charge in [0.2, 0.25) is 0 Å². The molecule has 3 N–H and O–H groups in total. The van der Waals surface area contributed by atoms with E-state index in [0.717, 1.165) is 4.90 Å². The number of hydrogen-bond acceptors (Lipinski definition) is 7. The smallest absolute Gasteiger partial charge is 0.339 e. The fourth-order valence-electron chi connectivity index (χ4n) is 3.03. The summed E-state index contributed by atoms with van der Waals surface area (Å²) in [6.45, 7) is 0.790. The first-order valence-corrected chi connectivity index (χ1v) is 8.75. The van der Waals surface area contributed by atoms with E-state index < -0.39 is 30.1 Å². The molecule has 0 aliphatic carbocycles. The number of phenols is 1. The van der Waals surface area contributed by atoms with E-state index >= 15 is 0 Å². The van der Waals surface area contributed by atoms with Crippen molar-refractivity contribution >= 4 is 23.9 Å². The number of hydrogen-bond donors (Lipinski definition) is 3. The van der Waals surface area contributed by atoms with Crippen LogP contribution in [0.2, 0.25) is 0 Å². The predicted octanol–water partition coefficient (Wildman–Crippen LogP) is 1.93. The lowest BCUT2D eigenvalue weighted by molar-refractivity contribution is -0.141. The Hall–Kier alpha value is -4.16. The highest BCUT2D eigenvalue weighted by Crippen LogP contribution is 2.31. The van der Waals surface area contributed by atoms with Crippen LogP contribution >= 0.6 is 0 Å². The Morgan fingerprint density at radius 1 is 1.23 bits per heavy atom. The van der Waals surface area contributed by atoms with Crippen LogP contribution in [0.25, 0.3) is 17.4 Å². The van der Waals surface area contributed by atoms with Gasteiger partial charge in [0.15, 0.2) is 0 Å². The summed E-state index contributed by atoms with van der Waals surface area (Å²) in [5, 5.41) is 37.2. The van der Waals surface area contributed by atoms with Gasteiger partial charge in [-0.2, -0.15) is 5.26 Å². The number of aromatic carboxylic acids is 1. The summed E-state index contributed by atoms with van der Waals surface area (Å²) in [5.41, 5.74) is 0.237. The maximum Gasteiger partial charge on any atom is 0.339 e. The van der Waals surface area contributed by atoms with Gasteiger partial charge in [0.05, 0.1) is 13.2 Å². The maximum atomic E-state index is 12.7. The van der Waals surface area contributed by atoms with Gasteiger partial charge in [0, 0.05) is 11.1 Å². The van der Waals surface area contributed by atoms with Crippen LogP contribution in [-0.2, 0) is 9.59 Å². The van der Waals surface area contributed by atoms with Crippen molar-refractivity contribution in [3.8, 4) is 23.1 Å². The number of nitrogens with zero attached hydrogens (tertiary/aromatic N) is 2. The molecular weight excluding hydrogens is 392 g/mol. The number of benzene rings is 1. The number of rotatable bonds is 5. The Bertz CT molecular complexity index is 1160. The monoisotopic (exact) mass is 408 g/mol. The number of aromatic hydroxyl groups is 1. The van der Waals surface area contributed by atoms with Crippen LogP contribution in [0.1, 0.15) is 23.0 Å². The Kier molecular flexibility index (Phi) is 5.53. The molecule has 0 bridgehead atoms. The van der Waals surface area contributed by atoms with Crippen molar-refractivity contribution in [3.05, 3.63) is 58.4 Å². The van der Waals surface area contributed by atoms with Crippen molar-refractivity contribution < 1.29 is 34.1 Å². The highest BCUT2D eigenvalue weighted by Gasteiger charge is 2.35. The van der Waals surface area contributed by atoms with Crippen molar-refractivity contribution in [1.82, 2.24) is 4.90 Å². The predicted molar refractivity (Wildman–Crippen MR) is 103 cm³/mol. The Morgan fingerprint density at radius 3 is 2.57 bits per heavy atom. The quantitative estimate of drug-likeness (QED) is 0.501. The summed E-state index contributed by atoms with van der Waals surface area (Å²) in [5.74, 6) is -2.56. The topological polar surface area (TPSA) is 152 Å². The fraction of sp³-hybridized carbons (Fsp3) is 0.143. The minimum absolute atomic E-state index is 0.0737. The van der Waals surface area contributed by atoms with Gasteiger partial charge >= 0.3 is 5.97 Å². The maximum absolute atomic E-state index is 12.7. The molecule has 2 amide bonds. The van der Waals surface area contributed by atoms with Crippen molar-refractivity contribution in [2.75, 3.05) is 13.2 Å². The number of nitriles is 1. The third-order valence-electron chi connectivity index (χ3n) is 4.58. The molecule has 1 aliphatic rings. The van der Waals surface area contributed by atoms with E-state index in [1.165, 1.54) is 31.2 Å². The molecule has 3 rings (SSSR count). The van der Waals surface area contributed by atoms with Crippen molar-refractivity contribution in [1.29, 1.82) is 5.26 Å². The third kappa shape index (κ3) is 3.59. The zero-order chi connectivity index (χ0) is 22.0. The summed E-state index contributed by atoms with van der Waals surface area (Å²) in [4.78, 5) is 36.7. The molecule has 2 aromatic rings. The molecule has 30 heavy (non-hydrogen) atoms. The zero-order valence-corrected chi connectivity index (χ0v) is 15.7. The average Bonchev–Trinajstić information content (AvgIpc) is 3.17. The number of furan rings is 1. The van der Waals surface area contributed by atoms with Crippen molar-refractivity contribution in [2.24, 2.45) is 0 Å². The lowest BCUT2D eigenvalue weighted by atomic mass is 9.95. The number of amides is 2. The molecule has 9 heteroatoms. The standard InChI is InChI=1S/C21H16N2O7/c1-11-15(19(26)23(6-7-24)20(27)16(11)10-22)9-13-3-5-18(30-13)12-2-4-14(21(28)29)17(25)8-12/h2-5,8-9,24-25H,6-7H2,1H3,(H,28,29)/b15-9+. The first-order valence-electron chi connectivity index (χ1n) is 8.75. The molecule has 0 unspecified atom stereocenters. The van der Waals surface area contributed by atoms with Crippen LogP contribution in [0.3, 0.4) is 0 Å². The van der Waals surface area contributed by atoms with E-state index in [1.54, 1.807) is 18.2 Å². The van der Waals surface area contributed by atoms with Gasteiger partial charge in [0.1, 0.15) is 34.5 Å². The van der Waals surface area contributed by atoms with E-state index in [1.807, 2.05) is 0 Å². The molecule has 0 fully saturated rings. The highest BCUT2D eigenvalue weighted by molar-refractivity contribution is 6.19. The second-order valence-corrected chi connectivity index (χ2v) is 6.39. The number of carbonyl (C=O) groups excluding carboxylic acids is 2. The fourth-order valence-corrected chi connectivity index (χ4v) is 3.03. The molecular formula is C21H16N2O7. The molecule has 9 nitrogen and oxygen atoms in total. The average molecular weight is 408 g/mol. The molecule has 1 aromatic carbocycles. The van der Waals surface area contributed by atoms with E-state index in [4.69, 9.17) is 14.6 Å². The summed E-state index contributed by atoms with van der Waals surface area (Å²) in [6, 6.07) is 8.84. The Labute approximate surface area is 170 Å². The second-order valence-electron chi connectivity index (χ2n) is 6.39. The minimum atomic E-state index is -1.27. The molecule has 1 aliphatic heterocycles. The molecule has 0 saturated heterocycles. The SMILES string of the molecule is CC1=C(C#N)C(=O)N(CCO)C(=O)/C1=C/c1ccc(-c2ccc(C(=O)O)c(O)c2)o1. The van der Waals surface area contributed by atoms with Crippen LogP contribution in [-0.4, -0.2) is 51.2 Å². The van der Waals surface area contributed by atoms with Crippen molar-refractivity contribution in [2.45, 2.75) is 6.92 Å². The van der Waals surface area contributed by atoms with Crippen LogP contribution < -0.4 is 0 Å². The second kappa shape index (κ2) is 8.06. The van der Waals surface area contributed by atoms with Crippen LogP contribution in [0.15, 0.2) is 51.5 Å². The number of aliphatic hydroxyl groups is 1. The van der Waals surface area contributed by atoms with Gasteiger partial charge in [-0.1, -0.05) is 6.07 Å². The van der Waals surface area contributed by atoms with E-state index in [0.29, 0.717) is 11.3 Å². The molecule has 0 radical (unpaired) electrons. The molecule has 0 spiro atoms. The summed E-state index contributed by atoms with van der Waals surface area (Å²) >= 11 is 0. The zero-order valence-electron chi connectivity index (χ0n) is 15.7. The van der Waals surface area contributed by atoms with Gasteiger partial charge in [0.25, 0.3) is 11.8 Å². The first-order chi connectivity index (χ1) is 14.3. The Morgan fingerprint density at radius 2 is 1.97 bits per heavy atom. The Balaban J connectivity index is 2.01. The number of carboxylic acid groups (broad SMARTS) is 1. The number of aliphatic hydroxyl groups excluding tert-OH is 1. The van der Waals surface area contributed by atoms with Crippen LogP contribution in [0, 0.1) is 11.3 Å². The number of β-amino-alcohol motifs (C(OH)–C–C–N with tert-alkyl or cyclic N) is 1. The third-order valence-corrected chi connectivity index (χ3v) is 4.58. The minimum Gasteiger partial charge on any atom is -0.507 e. The van der Waals surface area contributed by atoms with Crippen LogP contribution in [0.4, 0.5) is 0 Å². The number of carbonyl (C=O) groups is 3. The summed E-state index contributed by atoms with van der Waals surface area (Å²) in [6.07, 6.45) is 1.38. The lowest BCUT2D eigenvalue weighted by Crippen LogP contribution is -2.44. The lowest BCUT2D eigenvalue weighted by Gasteiger charge is -2.26. The summed E-state index contributed by atoms with van der Waals surface area (Å²) < 4.78 is 5.67. The normalized spacial score (nSPS) is 15.6. The molecule has 0 saturated carbocycles. The van der Waals surface area contributed by atoms with Gasteiger partial charge < -0.3 is 19.7 Å². The molecule has 1 aromatic heterocycles. The molecule has 0 atom stereocenters. The highest BCUT2D eigenvalue weighted by atomic mass is 16.4. The summed E-state index contributed by atoms with van der Waals surface area (Å²) in [7, 11) is 0. The molecule has 152 valence electrons. The molecule has 2 heterocycles. The van der Waals surface area contributed by atoms with Crippen LogP contribution in [0.5, 0.6) is 5.75 Å².